The third kappa shape index (κ3) is 5.36. The maximum atomic E-state index is 10.2. The number of rotatable bonds is 8. The van der Waals surface area contributed by atoms with Gasteiger partial charge in [0.25, 0.3) is 0 Å². The normalized spacial score (nSPS) is 14.9. The summed E-state index contributed by atoms with van der Waals surface area (Å²) in [7, 11) is 0. The zero-order chi connectivity index (χ0) is 19.1. The van der Waals surface area contributed by atoms with E-state index >= 15 is 0 Å². The van der Waals surface area contributed by atoms with Gasteiger partial charge >= 0.3 is 0 Å². The highest BCUT2D eigenvalue weighted by atomic mass is 16.6. The molecule has 1 aliphatic rings. The number of hydrogen-bond acceptors (Lipinski definition) is 6. The van der Waals surface area contributed by atoms with Crippen molar-refractivity contribution in [3.05, 3.63) is 53.6 Å². The Morgan fingerprint density at radius 3 is 2.63 bits per heavy atom. The summed E-state index contributed by atoms with van der Waals surface area (Å²) in [5, 5.41) is 22.1. The van der Waals surface area contributed by atoms with Crippen molar-refractivity contribution in [2.24, 2.45) is 0 Å². The number of benzene rings is 2. The molecule has 6 nitrogen and oxygen atoms in total. The average molecular weight is 368 g/mol. The average Bonchev–Trinajstić information content (AvgIpc) is 2.71. The highest BCUT2D eigenvalue weighted by Crippen LogP contribution is 2.32. The van der Waals surface area contributed by atoms with Crippen LogP contribution in [0.3, 0.4) is 0 Å². The lowest BCUT2D eigenvalue weighted by atomic mass is 10.1. The zero-order valence-electron chi connectivity index (χ0n) is 15.4. The maximum Gasteiger partial charge on any atom is 0.161 e. The van der Waals surface area contributed by atoms with E-state index in [1.807, 2.05) is 49.4 Å². The molecule has 0 aromatic heterocycles. The Bertz CT molecular complexity index is 786. The first kappa shape index (κ1) is 19.0. The van der Waals surface area contributed by atoms with Crippen LogP contribution in [0.25, 0.3) is 0 Å². The summed E-state index contributed by atoms with van der Waals surface area (Å²) < 4.78 is 16.7. The highest BCUT2D eigenvalue weighted by molar-refractivity contribution is 5.44. The first-order valence-electron chi connectivity index (χ1n) is 9.05. The number of aliphatic hydroxyl groups is 1. The maximum absolute atomic E-state index is 10.2. The van der Waals surface area contributed by atoms with Gasteiger partial charge in [-0.25, -0.2) is 0 Å². The van der Waals surface area contributed by atoms with Gasteiger partial charge in [0.2, 0.25) is 0 Å². The topological polar surface area (TPSA) is 83.7 Å². The second-order valence-corrected chi connectivity index (χ2v) is 6.48. The van der Waals surface area contributed by atoms with E-state index in [0.717, 1.165) is 22.6 Å². The van der Waals surface area contributed by atoms with E-state index in [2.05, 4.69) is 11.4 Å². The Kier molecular flexibility index (Phi) is 6.53. The van der Waals surface area contributed by atoms with Crippen LogP contribution in [0, 0.1) is 11.3 Å². The molecule has 1 aliphatic heterocycles. The van der Waals surface area contributed by atoms with Crippen LogP contribution in [0.15, 0.2) is 42.5 Å². The van der Waals surface area contributed by atoms with Crippen LogP contribution in [-0.4, -0.2) is 37.6 Å². The molecule has 3 rings (SSSR count). The first-order valence-corrected chi connectivity index (χ1v) is 9.05. The van der Waals surface area contributed by atoms with Gasteiger partial charge in [-0.3, -0.25) is 0 Å². The van der Waals surface area contributed by atoms with Crippen LogP contribution in [-0.2, 0) is 6.42 Å². The molecule has 0 spiro atoms. The van der Waals surface area contributed by atoms with Crippen molar-refractivity contribution >= 4 is 0 Å². The smallest absolute Gasteiger partial charge is 0.161 e. The van der Waals surface area contributed by atoms with E-state index < -0.39 is 6.10 Å². The summed E-state index contributed by atoms with van der Waals surface area (Å²) in [6, 6.07) is 15.4. The Balaban J connectivity index is 1.44. The van der Waals surface area contributed by atoms with E-state index in [0.29, 0.717) is 31.9 Å². The molecule has 2 aromatic rings. The number of ether oxygens (including phenoxy) is 3. The number of hydrogen-bond donors (Lipinski definition) is 2. The zero-order valence-corrected chi connectivity index (χ0v) is 15.4. The minimum atomic E-state index is -0.636. The lowest BCUT2D eigenvalue weighted by Gasteiger charge is -2.22. The van der Waals surface area contributed by atoms with Gasteiger partial charge in [0.15, 0.2) is 11.5 Å². The minimum absolute atomic E-state index is 0.0562. The summed E-state index contributed by atoms with van der Waals surface area (Å²) in [5.74, 6) is 2.21. The Morgan fingerprint density at radius 1 is 1.15 bits per heavy atom. The number of aliphatic hydroxyl groups excluding tert-OH is 1. The van der Waals surface area contributed by atoms with Gasteiger partial charge in [0, 0.05) is 12.6 Å². The molecule has 2 atom stereocenters. The monoisotopic (exact) mass is 368 g/mol. The second kappa shape index (κ2) is 9.26. The van der Waals surface area contributed by atoms with Crippen molar-refractivity contribution in [3.63, 3.8) is 0 Å². The van der Waals surface area contributed by atoms with Gasteiger partial charge in [-0.15, -0.1) is 0 Å². The number of fused-ring (bicyclic) bond motifs is 1. The molecule has 0 saturated heterocycles. The number of nitrogens with one attached hydrogen (secondary N) is 1. The largest absolute Gasteiger partial charge is 0.491 e. The third-order valence-corrected chi connectivity index (χ3v) is 4.37. The fourth-order valence-corrected chi connectivity index (χ4v) is 2.81. The van der Waals surface area contributed by atoms with Crippen molar-refractivity contribution in [2.75, 3.05) is 26.4 Å². The fourth-order valence-electron chi connectivity index (χ4n) is 2.81. The van der Waals surface area contributed by atoms with Crippen molar-refractivity contribution in [1.82, 2.24) is 5.32 Å². The molecule has 0 amide bonds. The van der Waals surface area contributed by atoms with Crippen LogP contribution in [0.2, 0.25) is 0 Å². The predicted molar refractivity (Wildman–Crippen MR) is 101 cm³/mol. The van der Waals surface area contributed by atoms with Crippen LogP contribution < -0.4 is 19.5 Å². The molecular weight excluding hydrogens is 344 g/mol. The van der Waals surface area contributed by atoms with Crippen molar-refractivity contribution in [3.8, 4) is 23.3 Å². The standard InChI is InChI=1S/C21H24N2O4/c1-15(17-4-7-20-21(12-17)26-11-10-25-20)23-13-18(24)14-27-19-5-2-16(3-6-19)8-9-22/h2-7,12,15,18,23-24H,8,10-11,13-14H2,1H3. The lowest BCUT2D eigenvalue weighted by molar-refractivity contribution is 0.104. The van der Waals surface area contributed by atoms with Gasteiger partial charge < -0.3 is 24.6 Å². The van der Waals surface area contributed by atoms with Crippen LogP contribution >= 0.6 is 0 Å². The molecule has 2 unspecified atom stereocenters. The summed E-state index contributed by atoms with van der Waals surface area (Å²) in [5.41, 5.74) is 2.01. The predicted octanol–water partition coefficient (Wildman–Crippen LogP) is 2.61. The molecule has 6 heteroatoms. The minimum Gasteiger partial charge on any atom is -0.491 e. The van der Waals surface area contributed by atoms with E-state index in [9.17, 15) is 5.11 Å². The number of nitrogens with zero attached hydrogens (tertiary/aromatic N) is 1. The summed E-state index contributed by atoms with van der Waals surface area (Å²) in [4.78, 5) is 0. The molecule has 0 saturated carbocycles. The molecule has 0 aliphatic carbocycles. The Labute approximate surface area is 159 Å². The molecule has 0 fully saturated rings. The van der Waals surface area contributed by atoms with Gasteiger partial charge in [-0.05, 0) is 42.3 Å². The van der Waals surface area contributed by atoms with E-state index in [1.165, 1.54) is 0 Å². The Hall–Kier alpha value is -2.75. The van der Waals surface area contributed by atoms with E-state index in [-0.39, 0.29) is 12.6 Å². The molecule has 1 heterocycles. The van der Waals surface area contributed by atoms with E-state index in [1.54, 1.807) is 0 Å². The van der Waals surface area contributed by atoms with Gasteiger partial charge in [-0.2, -0.15) is 5.26 Å². The van der Waals surface area contributed by atoms with Gasteiger partial charge in [-0.1, -0.05) is 18.2 Å². The van der Waals surface area contributed by atoms with Crippen molar-refractivity contribution in [1.29, 1.82) is 5.26 Å². The molecule has 142 valence electrons. The van der Waals surface area contributed by atoms with Crippen molar-refractivity contribution < 1.29 is 19.3 Å². The fraction of sp³-hybridized carbons (Fsp3) is 0.381. The molecule has 27 heavy (non-hydrogen) atoms. The third-order valence-electron chi connectivity index (χ3n) is 4.37. The quantitative estimate of drug-likeness (QED) is 0.745. The SMILES string of the molecule is CC(NCC(O)COc1ccc(CC#N)cc1)c1ccc2c(c1)OCCO2. The lowest BCUT2D eigenvalue weighted by Crippen LogP contribution is -2.33. The summed E-state index contributed by atoms with van der Waals surface area (Å²) >= 11 is 0. The van der Waals surface area contributed by atoms with Crippen LogP contribution in [0.4, 0.5) is 0 Å². The molecule has 0 bridgehead atoms. The molecule has 2 aromatic carbocycles. The summed E-state index contributed by atoms with van der Waals surface area (Å²) in [6.45, 7) is 3.77. The summed E-state index contributed by atoms with van der Waals surface area (Å²) in [6.07, 6.45) is -0.256. The highest BCUT2D eigenvalue weighted by Gasteiger charge is 2.15. The molecule has 0 radical (unpaired) electrons. The second-order valence-electron chi connectivity index (χ2n) is 6.48. The van der Waals surface area contributed by atoms with Gasteiger partial charge in [0.05, 0.1) is 12.5 Å². The van der Waals surface area contributed by atoms with E-state index in [4.69, 9.17) is 19.5 Å². The van der Waals surface area contributed by atoms with Crippen LogP contribution in [0.1, 0.15) is 24.1 Å². The van der Waals surface area contributed by atoms with Gasteiger partial charge in [0.1, 0.15) is 31.7 Å². The molecule has 2 N–H and O–H groups in total. The first-order chi connectivity index (χ1) is 13.2. The molecular formula is C21H24N2O4. The van der Waals surface area contributed by atoms with Crippen molar-refractivity contribution in [2.45, 2.75) is 25.5 Å². The van der Waals surface area contributed by atoms with Crippen LogP contribution in [0.5, 0.6) is 17.2 Å². The Morgan fingerprint density at radius 2 is 1.89 bits per heavy atom. The number of nitriles is 1.